The molecule has 0 amide bonds. The highest BCUT2D eigenvalue weighted by Crippen LogP contribution is 2.62. The SMILES string of the molecule is COCCOCO[C@H]1CC[C@]2(C)C(=CC=C3[C@H]4CCC(=O)[C@]4(C)CC[C@H]32)C1. The lowest BCUT2D eigenvalue weighted by Gasteiger charge is -2.53. The second kappa shape index (κ2) is 7.46. The third-order valence-electron chi connectivity index (χ3n) is 8.05. The first-order valence-corrected chi connectivity index (χ1v) is 10.6. The highest BCUT2D eigenvalue weighted by atomic mass is 16.7. The number of ketones is 1. The van der Waals surface area contributed by atoms with E-state index in [-0.39, 0.29) is 16.9 Å². The zero-order chi connectivity index (χ0) is 19.1. The minimum atomic E-state index is -0.0934. The zero-order valence-electron chi connectivity index (χ0n) is 17.1. The molecule has 27 heavy (non-hydrogen) atoms. The summed E-state index contributed by atoms with van der Waals surface area (Å²) in [6, 6.07) is 0. The number of fused-ring (bicyclic) bond motifs is 5. The second-order valence-corrected chi connectivity index (χ2v) is 9.35. The average Bonchev–Trinajstić information content (AvgIpc) is 2.97. The first-order chi connectivity index (χ1) is 13.0. The average molecular weight is 375 g/mol. The van der Waals surface area contributed by atoms with E-state index in [2.05, 4.69) is 26.0 Å². The van der Waals surface area contributed by atoms with Crippen molar-refractivity contribution in [2.24, 2.45) is 22.7 Å². The molecular weight excluding hydrogens is 340 g/mol. The van der Waals surface area contributed by atoms with Crippen molar-refractivity contribution in [3.05, 3.63) is 23.3 Å². The Morgan fingerprint density at radius 3 is 2.63 bits per heavy atom. The van der Waals surface area contributed by atoms with Crippen LogP contribution in [-0.4, -0.2) is 39.0 Å². The fourth-order valence-corrected chi connectivity index (χ4v) is 6.24. The normalized spacial score (nSPS) is 40.7. The fourth-order valence-electron chi connectivity index (χ4n) is 6.24. The van der Waals surface area contributed by atoms with E-state index in [0.29, 0.717) is 37.6 Å². The van der Waals surface area contributed by atoms with Gasteiger partial charge in [-0.25, -0.2) is 0 Å². The topological polar surface area (TPSA) is 44.8 Å². The van der Waals surface area contributed by atoms with Crippen LogP contribution >= 0.6 is 0 Å². The molecule has 0 unspecified atom stereocenters. The molecule has 4 heteroatoms. The van der Waals surface area contributed by atoms with Gasteiger partial charge in [-0.2, -0.15) is 0 Å². The van der Waals surface area contributed by atoms with Crippen molar-refractivity contribution in [3.8, 4) is 0 Å². The molecule has 4 rings (SSSR count). The Kier molecular flexibility index (Phi) is 5.34. The summed E-state index contributed by atoms with van der Waals surface area (Å²) in [4.78, 5) is 12.5. The number of allylic oxidation sites excluding steroid dienone is 3. The summed E-state index contributed by atoms with van der Waals surface area (Å²) in [5.41, 5.74) is 3.26. The van der Waals surface area contributed by atoms with Gasteiger partial charge in [-0.05, 0) is 55.8 Å². The first-order valence-electron chi connectivity index (χ1n) is 10.6. The van der Waals surface area contributed by atoms with Crippen LogP contribution in [0.15, 0.2) is 23.3 Å². The number of carbonyl (C=O) groups is 1. The summed E-state index contributed by atoms with van der Waals surface area (Å²) in [5, 5.41) is 0. The van der Waals surface area contributed by atoms with Crippen LogP contribution in [0.3, 0.4) is 0 Å². The van der Waals surface area contributed by atoms with E-state index in [9.17, 15) is 4.79 Å². The summed E-state index contributed by atoms with van der Waals surface area (Å²) in [6.07, 6.45) is 12.3. The number of ether oxygens (including phenoxy) is 3. The van der Waals surface area contributed by atoms with Crippen molar-refractivity contribution < 1.29 is 19.0 Å². The monoisotopic (exact) mass is 374 g/mol. The third kappa shape index (κ3) is 3.24. The summed E-state index contributed by atoms with van der Waals surface area (Å²) in [7, 11) is 1.68. The minimum absolute atomic E-state index is 0.0934. The molecule has 5 atom stereocenters. The van der Waals surface area contributed by atoms with Gasteiger partial charge in [0.2, 0.25) is 0 Å². The molecule has 3 fully saturated rings. The van der Waals surface area contributed by atoms with E-state index in [1.54, 1.807) is 12.7 Å². The van der Waals surface area contributed by atoms with Crippen LogP contribution in [-0.2, 0) is 19.0 Å². The second-order valence-electron chi connectivity index (χ2n) is 9.35. The maximum Gasteiger partial charge on any atom is 0.147 e. The van der Waals surface area contributed by atoms with E-state index in [4.69, 9.17) is 14.2 Å². The Balaban J connectivity index is 1.45. The molecule has 0 aromatic heterocycles. The molecule has 0 saturated heterocycles. The zero-order valence-corrected chi connectivity index (χ0v) is 17.1. The van der Waals surface area contributed by atoms with Crippen LogP contribution < -0.4 is 0 Å². The summed E-state index contributed by atoms with van der Waals surface area (Å²) in [5.74, 6) is 1.58. The number of carbonyl (C=O) groups excluding carboxylic acids is 1. The van der Waals surface area contributed by atoms with Gasteiger partial charge < -0.3 is 14.2 Å². The molecular formula is C23H34O4. The standard InChI is InChI=1S/C23H34O4/c1-22-10-8-17(27-15-26-13-12-25-3)14-16(22)4-5-18-19-6-7-21(24)23(19,2)11-9-20(18)22/h4-5,17,19-20H,6-15H2,1-3H3/t17-,19+,20+,22+,23+/m0/s1. The Morgan fingerprint density at radius 1 is 1.04 bits per heavy atom. The van der Waals surface area contributed by atoms with Gasteiger partial charge in [0.1, 0.15) is 12.6 Å². The molecule has 0 radical (unpaired) electrons. The summed E-state index contributed by atoms with van der Waals surface area (Å²) in [6.45, 7) is 6.22. The predicted octanol–water partition coefficient (Wildman–Crippen LogP) is 4.44. The van der Waals surface area contributed by atoms with Crippen LogP contribution in [0.25, 0.3) is 0 Å². The van der Waals surface area contributed by atoms with Crippen molar-refractivity contribution in [1.82, 2.24) is 0 Å². The van der Waals surface area contributed by atoms with Crippen LogP contribution in [0.1, 0.15) is 58.8 Å². The van der Waals surface area contributed by atoms with Gasteiger partial charge in [0.25, 0.3) is 0 Å². The van der Waals surface area contributed by atoms with E-state index in [1.807, 2.05) is 0 Å². The molecule has 0 aliphatic heterocycles. The van der Waals surface area contributed by atoms with Crippen LogP contribution in [0.2, 0.25) is 0 Å². The molecule has 0 spiro atoms. The summed E-state index contributed by atoms with van der Waals surface area (Å²) >= 11 is 0. The molecule has 0 heterocycles. The Bertz CT molecular complexity index is 651. The molecule has 0 aromatic carbocycles. The minimum Gasteiger partial charge on any atom is -0.382 e. The lowest BCUT2D eigenvalue weighted by molar-refractivity contribution is -0.127. The molecule has 0 bridgehead atoms. The van der Waals surface area contributed by atoms with Crippen molar-refractivity contribution >= 4 is 5.78 Å². The van der Waals surface area contributed by atoms with Crippen LogP contribution in [0.4, 0.5) is 0 Å². The maximum absolute atomic E-state index is 12.5. The number of rotatable bonds is 6. The quantitative estimate of drug-likeness (QED) is 0.509. The Hall–Kier alpha value is -0.970. The van der Waals surface area contributed by atoms with Gasteiger partial charge >= 0.3 is 0 Å². The predicted molar refractivity (Wildman–Crippen MR) is 104 cm³/mol. The summed E-state index contributed by atoms with van der Waals surface area (Å²) < 4.78 is 16.5. The van der Waals surface area contributed by atoms with Gasteiger partial charge in [-0.3, -0.25) is 4.79 Å². The molecule has 4 aliphatic carbocycles. The van der Waals surface area contributed by atoms with Gasteiger partial charge in [0.15, 0.2) is 0 Å². The van der Waals surface area contributed by atoms with Crippen molar-refractivity contribution in [2.75, 3.05) is 27.1 Å². The number of methoxy groups -OCH3 is 1. The smallest absolute Gasteiger partial charge is 0.147 e. The number of Topliss-reactive ketones (excluding diaryl/α,β-unsaturated/α-hetero) is 1. The van der Waals surface area contributed by atoms with Crippen molar-refractivity contribution in [1.29, 1.82) is 0 Å². The molecule has 4 aliphatic rings. The molecule has 3 saturated carbocycles. The molecule has 150 valence electrons. The third-order valence-corrected chi connectivity index (χ3v) is 8.05. The molecule has 4 nitrogen and oxygen atoms in total. The number of hydrogen-bond acceptors (Lipinski definition) is 4. The highest BCUT2D eigenvalue weighted by molar-refractivity contribution is 5.88. The van der Waals surface area contributed by atoms with Crippen LogP contribution in [0.5, 0.6) is 0 Å². The number of hydrogen-bond donors (Lipinski definition) is 0. The highest BCUT2D eigenvalue weighted by Gasteiger charge is 2.56. The first kappa shape index (κ1) is 19.4. The van der Waals surface area contributed by atoms with Crippen LogP contribution in [0, 0.1) is 22.7 Å². The lowest BCUT2D eigenvalue weighted by Crippen LogP contribution is -2.46. The van der Waals surface area contributed by atoms with Gasteiger partial charge in [-0.1, -0.05) is 37.1 Å². The largest absolute Gasteiger partial charge is 0.382 e. The Labute approximate surface area is 163 Å². The fraction of sp³-hybridized carbons (Fsp3) is 0.783. The van der Waals surface area contributed by atoms with Crippen molar-refractivity contribution in [3.63, 3.8) is 0 Å². The van der Waals surface area contributed by atoms with Gasteiger partial charge in [0, 0.05) is 18.9 Å². The van der Waals surface area contributed by atoms with E-state index >= 15 is 0 Å². The lowest BCUT2D eigenvalue weighted by atomic mass is 9.51. The van der Waals surface area contributed by atoms with Gasteiger partial charge in [-0.15, -0.1) is 0 Å². The maximum atomic E-state index is 12.5. The molecule has 0 aromatic rings. The van der Waals surface area contributed by atoms with Crippen molar-refractivity contribution in [2.45, 2.75) is 64.9 Å². The van der Waals surface area contributed by atoms with E-state index < -0.39 is 0 Å². The van der Waals surface area contributed by atoms with E-state index in [1.165, 1.54) is 12.0 Å². The Morgan fingerprint density at radius 2 is 1.81 bits per heavy atom. The molecule has 0 N–H and O–H groups in total. The van der Waals surface area contributed by atoms with E-state index in [0.717, 1.165) is 38.5 Å². The van der Waals surface area contributed by atoms with Gasteiger partial charge in [0.05, 0.1) is 19.3 Å².